The number of hydrogen-bond acceptors (Lipinski definition) is 4. The zero-order chi connectivity index (χ0) is 12.0. The first kappa shape index (κ1) is 13.6. The van der Waals surface area contributed by atoms with Crippen molar-refractivity contribution in [3.63, 3.8) is 0 Å². The van der Waals surface area contributed by atoms with Crippen LogP contribution in [0.5, 0.6) is 0 Å². The van der Waals surface area contributed by atoms with E-state index in [-0.39, 0.29) is 0 Å². The van der Waals surface area contributed by atoms with Crippen LogP contribution in [0.2, 0.25) is 0 Å². The number of nitrogens with zero attached hydrogens (tertiary/aromatic N) is 2. The molecule has 0 aliphatic carbocycles. The number of aromatic nitrogens is 1. The van der Waals surface area contributed by atoms with E-state index in [2.05, 4.69) is 42.9 Å². The van der Waals surface area contributed by atoms with Crippen molar-refractivity contribution in [2.45, 2.75) is 39.8 Å². The van der Waals surface area contributed by atoms with E-state index in [1.54, 1.807) is 11.3 Å². The molecule has 0 aromatic carbocycles. The van der Waals surface area contributed by atoms with Crippen LogP contribution in [0.15, 0.2) is 11.6 Å². The molecule has 0 fully saturated rings. The van der Waals surface area contributed by atoms with Crippen LogP contribution in [0.25, 0.3) is 0 Å². The van der Waals surface area contributed by atoms with Crippen molar-refractivity contribution >= 4 is 11.3 Å². The SMILES string of the molecule is CCN(CC)CC(C)NC(C)c1nccs1. The Labute approximate surface area is 103 Å². The Morgan fingerprint density at radius 1 is 1.38 bits per heavy atom. The number of thiazole rings is 1. The van der Waals surface area contributed by atoms with Gasteiger partial charge >= 0.3 is 0 Å². The molecule has 2 atom stereocenters. The lowest BCUT2D eigenvalue weighted by atomic mass is 10.2. The second-order valence-corrected chi connectivity index (χ2v) is 5.07. The standard InChI is InChI=1S/C12H23N3S/c1-5-15(6-2)9-10(3)14-11(4)12-13-7-8-16-12/h7-8,10-11,14H,5-6,9H2,1-4H3. The summed E-state index contributed by atoms with van der Waals surface area (Å²) in [5.74, 6) is 0. The fraction of sp³-hybridized carbons (Fsp3) is 0.750. The van der Waals surface area contributed by atoms with Crippen LogP contribution < -0.4 is 5.32 Å². The van der Waals surface area contributed by atoms with Gasteiger partial charge in [0.2, 0.25) is 0 Å². The smallest absolute Gasteiger partial charge is 0.109 e. The molecule has 0 bridgehead atoms. The molecule has 1 aromatic rings. The highest BCUT2D eigenvalue weighted by molar-refractivity contribution is 7.09. The summed E-state index contributed by atoms with van der Waals surface area (Å²) in [6.45, 7) is 12.2. The van der Waals surface area contributed by atoms with Crippen LogP contribution in [-0.4, -0.2) is 35.6 Å². The van der Waals surface area contributed by atoms with Gasteiger partial charge in [-0.1, -0.05) is 13.8 Å². The van der Waals surface area contributed by atoms with Crippen molar-refractivity contribution in [1.82, 2.24) is 15.2 Å². The molecule has 4 heteroatoms. The van der Waals surface area contributed by atoms with Crippen molar-refractivity contribution in [2.75, 3.05) is 19.6 Å². The average molecular weight is 241 g/mol. The van der Waals surface area contributed by atoms with Crippen LogP contribution in [-0.2, 0) is 0 Å². The van der Waals surface area contributed by atoms with Gasteiger partial charge in [-0.3, -0.25) is 0 Å². The zero-order valence-electron chi connectivity index (χ0n) is 10.7. The Hall–Kier alpha value is -0.450. The van der Waals surface area contributed by atoms with E-state index in [9.17, 15) is 0 Å². The van der Waals surface area contributed by atoms with Crippen LogP contribution in [0.3, 0.4) is 0 Å². The van der Waals surface area contributed by atoms with E-state index in [4.69, 9.17) is 0 Å². The Morgan fingerprint density at radius 2 is 2.06 bits per heavy atom. The lowest BCUT2D eigenvalue weighted by Gasteiger charge is -2.25. The summed E-state index contributed by atoms with van der Waals surface area (Å²) in [5.41, 5.74) is 0. The maximum atomic E-state index is 4.33. The fourth-order valence-electron chi connectivity index (χ4n) is 1.87. The van der Waals surface area contributed by atoms with Crippen LogP contribution in [0.4, 0.5) is 0 Å². The monoisotopic (exact) mass is 241 g/mol. The van der Waals surface area contributed by atoms with Gasteiger partial charge in [-0.2, -0.15) is 0 Å². The summed E-state index contributed by atoms with van der Waals surface area (Å²) >= 11 is 1.72. The van der Waals surface area contributed by atoms with Gasteiger partial charge in [0.15, 0.2) is 0 Å². The van der Waals surface area contributed by atoms with Crippen molar-refractivity contribution in [2.24, 2.45) is 0 Å². The molecule has 0 saturated heterocycles. The molecule has 1 heterocycles. The highest BCUT2D eigenvalue weighted by Crippen LogP contribution is 2.15. The van der Waals surface area contributed by atoms with Gasteiger partial charge in [-0.15, -0.1) is 11.3 Å². The Bertz CT molecular complexity index is 270. The Morgan fingerprint density at radius 3 is 2.56 bits per heavy atom. The predicted molar refractivity (Wildman–Crippen MR) is 70.9 cm³/mol. The van der Waals surface area contributed by atoms with E-state index < -0.39 is 0 Å². The third-order valence-corrected chi connectivity index (χ3v) is 3.74. The first-order chi connectivity index (χ1) is 7.67. The van der Waals surface area contributed by atoms with E-state index in [0.717, 1.165) is 19.6 Å². The largest absolute Gasteiger partial charge is 0.304 e. The normalized spacial score (nSPS) is 15.3. The molecule has 1 N–H and O–H groups in total. The Kier molecular flexibility index (Phi) is 5.95. The quantitative estimate of drug-likeness (QED) is 0.795. The van der Waals surface area contributed by atoms with Crippen molar-refractivity contribution in [3.05, 3.63) is 16.6 Å². The first-order valence-corrected chi connectivity index (χ1v) is 6.93. The minimum Gasteiger partial charge on any atom is -0.304 e. The molecule has 0 amide bonds. The molecule has 16 heavy (non-hydrogen) atoms. The third-order valence-electron chi connectivity index (χ3n) is 2.78. The summed E-state index contributed by atoms with van der Waals surface area (Å²) in [6.07, 6.45) is 1.87. The summed E-state index contributed by atoms with van der Waals surface area (Å²) in [7, 11) is 0. The lowest BCUT2D eigenvalue weighted by Crippen LogP contribution is -2.40. The van der Waals surface area contributed by atoms with Crippen molar-refractivity contribution in [1.29, 1.82) is 0 Å². The van der Waals surface area contributed by atoms with Crippen molar-refractivity contribution in [3.8, 4) is 0 Å². The Balaban J connectivity index is 2.36. The topological polar surface area (TPSA) is 28.2 Å². The number of hydrogen-bond donors (Lipinski definition) is 1. The second kappa shape index (κ2) is 6.99. The van der Waals surface area contributed by atoms with E-state index in [1.807, 2.05) is 11.6 Å². The molecule has 0 aliphatic heterocycles. The molecule has 3 nitrogen and oxygen atoms in total. The predicted octanol–water partition coefficient (Wildman–Crippen LogP) is 2.52. The summed E-state index contributed by atoms with van der Waals surface area (Å²) in [5, 5.41) is 6.79. The van der Waals surface area contributed by atoms with Gasteiger partial charge in [0, 0.05) is 24.2 Å². The molecule has 0 radical (unpaired) electrons. The second-order valence-electron chi connectivity index (χ2n) is 4.15. The number of rotatable bonds is 7. The van der Waals surface area contributed by atoms with E-state index >= 15 is 0 Å². The first-order valence-electron chi connectivity index (χ1n) is 6.05. The van der Waals surface area contributed by atoms with Crippen LogP contribution in [0.1, 0.15) is 38.7 Å². The number of nitrogens with one attached hydrogen (secondary N) is 1. The molecule has 0 spiro atoms. The molecule has 1 rings (SSSR count). The molecule has 92 valence electrons. The minimum absolute atomic E-state index is 0.352. The lowest BCUT2D eigenvalue weighted by molar-refractivity contribution is 0.264. The highest BCUT2D eigenvalue weighted by Gasteiger charge is 2.13. The van der Waals surface area contributed by atoms with E-state index in [1.165, 1.54) is 5.01 Å². The number of likely N-dealkylation sites (N-methyl/N-ethyl adjacent to an activating group) is 1. The molecule has 0 saturated carbocycles. The summed E-state index contributed by atoms with van der Waals surface area (Å²) in [6, 6.07) is 0.851. The fourth-order valence-corrected chi connectivity index (χ4v) is 2.52. The molecule has 1 aromatic heterocycles. The third kappa shape index (κ3) is 4.20. The summed E-state index contributed by atoms with van der Waals surface area (Å²) < 4.78 is 0. The average Bonchev–Trinajstić information content (AvgIpc) is 2.79. The van der Waals surface area contributed by atoms with Gasteiger partial charge in [0.1, 0.15) is 5.01 Å². The van der Waals surface area contributed by atoms with E-state index in [0.29, 0.717) is 12.1 Å². The maximum Gasteiger partial charge on any atom is 0.109 e. The minimum atomic E-state index is 0.352. The summed E-state index contributed by atoms with van der Waals surface area (Å²) in [4.78, 5) is 6.77. The van der Waals surface area contributed by atoms with Crippen LogP contribution >= 0.6 is 11.3 Å². The molecule has 2 unspecified atom stereocenters. The van der Waals surface area contributed by atoms with Gasteiger partial charge in [-0.25, -0.2) is 4.98 Å². The molecular weight excluding hydrogens is 218 g/mol. The van der Waals surface area contributed by atoms with Crippen LogP contribution in [0, 0.1) is 0 Å². The van der Waals surface area contributed by atoms with Gasteiger partial charge in [0.25, 0.3) is 0 Å². The van der Waals surface area contributed by atoms with Gasteiger partial charge < -0.3 is 10.2 Å². The molecule has 0 aliphatic rings. The zero-order valence-corrected chi connectivity index (χ0v) is 11.5. The molecular formula is C12H23N3S. The highest BCUT2D eigenvalue weighted by atomic mass is 32.1. The van der Waals surface area contributed by atoms with Crippen molar-refractivity contribution < 1.29 is 0 Å². The maximum absolute atomic E-state index is 4.33. The van der Waals surface area contributed by atoms with Gasteiger partial charge in [-0.05, 0) is 26.9 Å². The van der Waals surface area contributed by atoms with Gasteiger partial charge in [0.05, 0.1) is 6.04 Å².